The molecule has 1 saturated heterocycles. The first-order valence-corrected chi connectivity index (χ1v) is 11.9. The van der Waals surface area contributed by atoms with E-state index in [4.69, 9.17) is 18.9 Å². The van der Waals surface area contributed by atoms with Crippen molar-refractivity contribution in [2.75, 3.05) is 20.8 Å². The van der Waals surface area contributed by atoms with Crippen LogP contribution >= 0.6 is 0 Å². The van der Waals surface area contributed by atoms with Crippen LogP contribution in [0.1, 0.15) is 30.0 Å². The highest BCUT2D eigenvalue weighted by atomic mass is 16.6. The van der Waals surface area contributed by atoms with Gasteiger partial charge >= 0.3 is 0 Å². The van der Waals surface area contributed by atoms with Crippen molar-refractivity contribution in [1.82, 2.24) is 0 Å². The van der Waals surface area contributed by atoms with Gasteiger partial charge in [-0.15, -0.1) is 0 Å². The van der Waals surface area contributed by atoms with Crippen molar-refractivity contribution in [2.45, 2.75) is 42.8 Å². The zero-order valence-electron chi connectivity index (χ0n) is 20.7. The molecule has 2 N–H and O–H groups in total. The number of rotatable bonds is 9. The van der Waals surface area contributed by atoms with Crippen molar-refractivity contribution in [1.29, 1.82) is 0 Å². The fraction of sp³-hybridized carbons (Fsp3) is 0.357. The predicted octanol–water partition coefficient (Wildman–Crippen LogP) is 2.87. The second-order valence-corrected chi connectivity index (χ2v) is 8.97. The number of ether oxygens (including phenoxy) is 4. The SMILES string of the molecule is BC1O[C@](CC)(COC(c2ccccc2)(c2ccc(OC)cc2)c2ccc(OC)cc2)[C@@H](O)[C@H]1O. The van der Waals surface area contributed by atoms with E-state index in [1.807, 2.05) is 85.8 Å². The van der Waals surface area contributed by atoms with Crippen LogP contribution in [0.4, 0.5) is 0 Å². The molecule has 1 unspecified atom stereocenters. The molecule has 3 aromatic rings. The Morgan fingerprint density at radius 1 is 0.829 bits per heavy atom. The highest BCUT2D eigenvalue weighted by molar-refractivity contribution is 6.11. The van der Waals surface area contributed by atoms with Crippen molar-refractivity contribution in [3.05, 3.63) is 95.6 Å². The summed E-state index contributed by atoms with van der Waals surface area (Å²) in [5.41, 5.74) is 0.631. The molecule has 3 aromatic carbocycles. The second-order valence-electron chi connectivity index (χ2n) is 8.97. The molecule has 0 aromatic heterocycles. The van der Waals surface area contributed by atoms with E-state index in [1.165, 1.54) is 0 Å². The number of hydrogen-bond acceptors (Lipinski definition) is 6. The molecule has 7 heteroatoms. The first-order valence-electron chi connectivity index (χ1n) is 11.9. The van der Waals surface area contributed by atoms with Crippen LogP contribution in [0.3, 0.4) is 0 Å². The Balaban J connectivity index is 1.88. The lowest BCUT2D eigenvalue weighted by atomic mass is 9.79. The lowest BCUT2D eigenvalue weighted by molar-refractivity contribution is -0.143. The molecular weight excluding hydrogens is 443 g/mol. The molecular formula is C28H33BO6. The molecule has 4 atom stereocenters. The molecule has 0 aliphatic carbocycles. The van der Waals surface area contributed by atoms with Gasteiger partial charge in [0.15, 0.2) is 0 Å². The largest absolute Gasteiger partial charge is 0.497 e. The molecule has 35 heavy (non-hydrogen) atoms. The number of methoxy groups -OCH3 is 2. The van der Waals surface area contributed by atoms with Gasteiger partial charge in [-0.3, -0.25) is 0 Å². The molecule has 4 rings (SSSR count). The van der Waals surface area contributed by atoms with Crippen LogP contribution in [0.2, 0.25) is 0 Å². The van der Waals surface area contributed by atoms with E-state index in [9.17, 15) is 10.2 Å². The predicted molar refractivity (Wildman–Crippen MR) is 137 cm³/mol. The van der Waals surface area contributed by atoms with Crippen molar-refractivity contribution >= 4 is 7.85 Å². The number of hydrogen-bond donors (Lipinski definition) is 2. The van der Waals surface area contributed by atoms with Gasteiger partial charge in [-0.1, -0.05) is 61.5 Å². The molecule has 1 aliphatic rings. The Bertz CT molecular complexity index is 1040. The summed E-state index contributed by atoms with van der Waals surface area (Å²) in [6.45, 7) is 2.00. The fourth-order valence-electron chi connectivity index (χ4n) is 4.90. The van der Waals surface area contributed by atoms with E-state index >= 15 is 0 Å². The molecule has 184 valence electrons. The Morgan fingerprint density at radius 2 is 1.31 bits per heavy atom. The van der Waals surface area contributed by atoms with Crippen LogP contribution in [0.15, 0.2) is 78.9 Å². The Kier molecular flexibility index (Phi) is 7.52. The highest BCUT2D eigenvalue weighted by Crippen LogP contribution is 2.44. The van der Waals surface area contributed by atoms with E-state index < -0.39 is 29.4 Å². The fourth-order valence-corrected chi connectivity index (χ4v) is 4.90. The van der Waals surface area contributed by atoms with Crippen LogP contribution in [0.5, 0.6) is 11.5 Å². The summed E-state index contributed by atoms with van der Waals surface area (Å²) in [6, 6.07) is 25.0. The summed E-state index contributed by atoms with van der Waals surface area (Å²) in [6.07, 6.45) is -1.57. The minimum Gasteiger partial charge on any atom is -0.497 e. The smallest absolute Gasteiger partial charge is 0.143 e. The third-order valence-electron chi connectivity index (χ3n) is 7.07. The van der Waals surface area contributed by atoms with Crippen molar-refractivity contribution < 1.29 is 29.2 Å². The lowest BCUT2D eigenvalue weighted by Crippen LogP contribution is -2.49. The average molecular weight is 476 g/mol. The van der Waals surface area contributed by atoms with Crippen molar-refractivity contribution in [2.24, 2.45) is 0 Å². The van der Waals surface area contributed by atoms with Crippen LogP contribution in [0.25, 0.3) is 0 Å². The minimum atomic E-state index is -1.07. The molecule has 1 aliphatic heterocycles. The third kappa shape index (κ3) is 4.57. The molecule has 0 bridgehead atoms. The minimum absolute atomic E-state index is 0.0685. The molecule has 0 saturated carbocycles. The van der Waals surface area contributed by atoms with Gasteiger partial charge in [0.25, 0.3) is 0 Å². The maximum Gasteiger partial charge on any atom is 0.143 e. The zero-order valence-corrected chi connectivity index (χ0v) is 20.7. The second kappa shape index (κ2) is 10.4. The van der Waals surface area contributed by atoms with Gasteiger partial charge in [0.1, 0.15) is 42.8 Å². The van der Waals surface area contributed by atoms with E-state index in [-0.39, 0.29) is 6.61 Å². The van der Waals surface area contributed by atoms with Gasteiger partial charge in [-0.25, -0.2) is 0 Å². The maximum absolute atomic E-state index is 10.9. The summed E-state index contributed by atoms with van der Waals surface area (Å²) in [5, 5.41) is 21.4. The average Bonchev–Trinajstić information content (AvgIpc) is 3.14. The summed E-state index contributed by atoms with van der Waals surface area (Å²) in [5.74, 6) is 1.48. The lowest BCUT2D eigenvalue weighted by Gasteiger charge is -2.40. The summed E-state index contributed by atoms with van der Waals surface area (Å²) >= 11 is 0. The van der Waals surface area contributed by atoms with Crippen molar-refractivity contribution in [3.8, 4) is 11.5 Å². The Hall–Kier alpha value is -2.84. The summed E-state index contributed by atoms with van der Waals surface area (Å²) in [7, 11) is 5.04. The van der Waals surface area contributed by atoms with E-state index in [2.05, 4.69) is 0 Å². The molecule has 1 heterocycles. The number of aliphatic hydroxyl groups is 2. The van der Waals surface area contributed by atoms with E-state index in [0.717, 1.165) is 28.2 Å². The van der Waals surface area contributed by atoms with Gasteiger partial charge in [0, 0.05) is 0 Å². The van der Waals surface area contributed by atoms with Gasteiger partial charge < -0.3 is 29.2 Å². The Labute approximate surface area is 207 Å². The number of benzene rings is 3. The first-order chi connectivity index (χ1) is 16.9. The van der Waals surface area contributed by atoms with Gasteiger partial charge in [0.2, 0.25) is 0 Å². The monoisotopic (exact) mass is 476 g/mol. The van der Waals surface area contributed by atoms with Crippen LogP contribution < -0.4 is 9.47 Å². The normalized spacial score (nSPS) is 24.3. The third-order valence-corrected chi connectivity index (χ3v) is 7.07. The molecule has 1 fully saturated rings. The Morgan fingerprint density at radius 3 is 1.71 bits per heavy atom. The molecule has 6 nitrogen and oxygen atoms in total. The van der Waals surface area contributed by atoms with Crippen LogP contribution in [0, 0.1) is 0 Å². The summed E-state index contributed by atoms with van der Waals surface area (Å²) < 4.78 is 23.8. The standard InChI is InChI=1S/C28H33BO6/c1-4-27(25(31)24(30)26(29)35-27)18-34-28(19-8-6-5-7-9-19,20-10-14-22(32-2)15-11-20)21-12-16-23(33-3)17-13-21/h5-17,24-26,30-31H,4,18,29H2,1-3H3/t24-,25+,26?,27-/m1/s1. The topological polar surface area (TPSA) is 77.4 Å². The van der Waals surface area contributed by atoms with E-state index in [1.54, 1.807) is 22.1 Å². The van der Waals surface area contributed by atoms with Gasteiger partial charge in [0.05, 0.1) is 26.8 Å². The van der Waals surface area contributed by atoms with E-state index in [0.29, 0.717) is 6.42 Å². The molecule has 0 spiro atoms. The highest BCUT2D eigenvalue weighted by Gasteiger charge is 2.53. The summed E-state index contributed by atoms with van der Waals surface area (Å²) in [4.78, 5) is 0. The van der Waals surface area contributed by atoms with Crippen LogP contribution in [-0.2, 0) is 15.1 Å². The first kappa shape index (κ1) is 25.3. The molecule has 0 amide bonds. The zero-order chi connectivity index (χ0) is 25.1. The van der Waals surface area contributed by atoms with Gasteiger partial charge in [-0.05, 0) is 47.4 Å². The molecule has 0 radical (unpaired) electrons. The van der Waals surface area contributed by atoms with Crippen molar-refractivity contribution in [3.63, 3.8) is 0 Å². The number of aliphatic hydroxyl groups excluding tert-OH is 2. The van der Waals surface area contributed by atoms with Crippen LogP contribution in [-0.4, -0.2) is 62.7 Å². The maximum atomic E-state index is 10.9. The quantitative estimate of drug-likeness (QED) is 0.366. The van der Waals surface area contributed by atoms with Gasteiger partial charge in [-0.2, -0.15) is 0 Å².